The van der Waals surface area contributed by atoms with Gasteiger partial charge in [-0.3, -0.25) is 13.8 Å². The van der Waals surface area contributed by atoms with Crippen LogP contribution in [0.4, 0.5) is 0 Å². The third-order valence-electron chi connectivity index (χ3n) is 5.19. The number of unbranched alkanes of at least 4 members (excludes halogenated alkanes) is 6. The van der Waals surface area contributed by atoms with E-state index in [4.69, 9.17) is 13.6 Å². The number of allylic oxidation sites excluding steroid dienone is 5. The molecule has 0 atom stereocenters. The lowest BCUT2D eigenvalue weighted by Gasteiger charge is -2.19. The lowest BCUT2D eigenvalue weighted by atomic mass is 10.1. The van der Waals surface area contributed by atoms with Crippen LogP contribution in [0.2, 0.25) is 0 Å². The minimum absolute atomic E-state index is 0.132. The van der Waals surface area contributed by atoms with Crippen LogP contribution in [-0.4, -0.2) is 23.2 Å². The van der Waals surface area contributed by atoms with E-state index in [0.29, 0.717) is 16.8 Å². The van der Waals surface area contributed by atoms with Crippen molar-refractivity contribution in [2.45, 2.75) is 79.1 Å². The zero-order chi connectivity index (χ0) is 26.8. The second kappa shape index (κ2) is 17.9. The number of aromatic nitrogens is 2. The fraction of sp³-hybridized carbons (Fsp3) is 0.500. The van der Waals surface area contributed by atoms with Gasteiger partial charge in [0.2, 0.25) is 0 Å². The predicted octanol–water partition coefficient (Wildman–Crippen LogP) is 8.24. The van der Waals surface area contributed by atoms with E-state index < -0.39 is 7.82 Å². The zero-order valence-electron chi connectivity index (χ0n) is 22.4. The number of hydrogen-bond donors (Lipinski definition) is 1. The van der Waals surface area contributed by atoms with E-state index in [1.807, 2.05) is 12.2 Å². The van der Waals surface area contributed by atoms with Gasteiger partial charge in [0.25, 0.3) is 5.56 Å². The smallest absolute Gasteiger partial charge is 0.403 e. The standard InChI is InChI=1S/C28H43N2O5P/c1-7-13-15-17-19-21-23-25(9-3)29-27(30-28(23)31)24(22-20-18-16-14-8-2)26(10-4)35-36(32,33-11-5)34-12-6/h9-10,19-22H,3-4,7-8,11-18H2,1-2,5-6H3,(H,29,30,31)/b21-19+,22-20+,26-24-. The number of rotatable bonds is 19. The van der Waals surface area contributed by atoms with Gasteiger partial charge in [-0.2, -0.15) is 0 Å². The first-order chi connectivity index (χ1) is 17.4. The number of hydrogen-bond acceptors (Lipinski definition) is 6. The Balaban J connectivity index is 3.56. The highest BCUT2D eigenvalue weighted by atomic mass is 31.2. The molecule has 0 aliphatic rings. The largest absolute Gasteiger partial charge is 0.530 e. The van der Waals surface area contributed by atoms with Gasteiger partial charge in [-0.05, 0) is 51.7 Å². The van der Waals surface area contributed by atoms with Crippen molar-refractivity contribution in [3.63, 3.8) is 0 Å². The van der Waals surface area contributed by atoms with Crippen LogP contribution in [0.5, 0.6) is 0 Å². The summed E-state index contributed by atoms with van der Waals surface area (Å²) in [6.07, 6.45) is 18.8. The second-order valence-electron chi connectivity index (χ2n) is 8.07. The molecule has 0 fully saturated rings. The van der Waals surface area contributed by atoms with Crippen molar-refractivity contribution in [1.82, 2.24) is 9.97 Å². The zero-order valence-corrected chi connectivity index (χ0v) is 23.3. The predicted molar refractivity (Wildman–Crippen MR) is 150 cm³/mol. The molecule has 0 saturated heterocycles. The molecule has 1 rings (SSSR count). The van der Waals surface area contributed by atoms with E-state index in [0.717, 1.165) is 51.4 Å². The molecule has 0 aliphatic carbocycles. The number of phosphoric acid groups is 1. The summed E-state index contributed by atoms with van der Waals surface area (Å²) in [5, 5.41) is 0. The van der Waals surface area contributed by atoms with E-state index in [2.05, 4.69) is 37.0 Å². The van der Waals surface area contributed by atoms with E-state index in [1.165, 1.54) is 6.08 Å². The summed E-state index contributed by atoms with van der Waals surface area (Å²) in [7, 11) is -3.89. The number of phosphoric ester groups is 1. The van der Waals surface area contributed by atoms with Crippen LogP contribution >= 0.6 is 7.82 Å². The molecule has 0 aliphatic heterocycles. The van der Waals surface area contributed by atoms with Gasteiger partial charge < -0.3 is 9.51 Å². The molecule has 7 nitrogen and oxygen atoms in total. The lowest BCUT2D eigenvalue weighted by molar-refractivity contribution is 0.149. The lowest BCUT2D eigenvalue weighted by Crippen LogP contribution is -2.16. The Hall–Kier alpha value is -2.47. The third kappa shape index (κ3) is 10.7. The number of aromatic amines is 1. The Morgan fingerprint density at radius 1 is 0.972 bits per heavy atom. The third-order valence-corrected chi connectivity index (χ3v) is 6.76. The first-order valence-electron chi connectivity index (χ1n) is 12.9. The van der Waals surface area contributed by atoms with Crippen LogP contribution in [0, 0.1) is 0 Å². The Labute approximate surface area is 216 Å². The summed E-state index contributed by atoms with van der Waals surface area (Å²) in [5.74, 6) is 0.382. The van der Waals surface area contributed by atoms with Gasteiger partial charge in [0, 0.05) is 0 Å². The fourth-order valence-electron chi connectivity index (χ4n) is 3.37. The summed E-state index contributed by atoms with van der Waals surface area (Å²) in [4.78, 5) is 20.5. The first kappa shape index (κ1) is 31.6. The van der Waals surface area contributed by atoms with Crippen LogP contribution in [0.3, 0.4) is 0 Å². The van der Waals surface area contributed by atoms with Crippen molar-refractivity contribution in [2.75, 3.05) is 13.2 Å². The highest BCUT2D eigenvalue weighted by molar-refractivity contribution is 7.48. The molecule has 0 radical (unpaired) electrons. The molecule has 0 saturated carbocycles. The molecule has 1 aromatic heterocycles. The van der Waals surface area contributed by atoms with Gasteiger partial charge in [-0.1, -0.05) is 77.0 Å². The Morgan fingerprint density at radius 3 is 2.11 bits per heavy atom. The number of H-pyrrole nitrogens is 1. The average molecular weight is 519 g/mol. The molecule has 36 heavy (non-hydrogen) atoms. The molecule has 0 unspecified atom stereocenters. The Bertz CT molecular complexity index is 1010. The Kier molecular flexibility index (Phi) is 15.7. The molecule has 1 heterocycles. The molecule has 0 bridgehead atoms. The van der Waals surface area contributed by atoms with Crippen molar-refractivity contribution in [3.05, 3.63) is 70.7 Å². The van der Waals surface area contributed by atoms with Crippen LogP contribution in [0.15, 0.2) is 48.0 Å². The highest BCUT2D eigenvalue weighted by Gasteiger charge is 2.29. The Morgan fingerprint density at radius 2 is 1.58 bits per heavy atom. The first-order valence-corrected chi connectivity index (χ1v) is 14.4. The number of nitrogens with one attached hydrogen (secondary N) is 1. The van der Waals surface area contributed by atoms with Gasteiger partial charge in [0.1, 0.15) is 11.6 Å². The van der Waals surface area contributed by atoms with Crippen LogP contribution in [-0.2, 0) is 18.1 Å². The van der Waals surface area contributed by atoms with E-state index in [1.54, 1.807) is 32.1 Å². The summed E-state index contributed by atoms with van der Waals surface area (Å²) < 4.78 is 29.4. The minimum atomic E-state index is -3.89. The minimum Gasteiger partial charge on any atom is -0.403 e. The molecule has 0 amide bonds. The summed E-state index contributed by atoms with van der Waals surface area (Å²) in [5.41, 5.74) is 0.991. The maximum atomic E-state index is 13.1. The van der Waals surface area contributed by atoms with Gasteiger partial charge in [-0.15, -0.1) is 0 Å². The van der Waals surface area contributed by atoms with Gasteiger partial charge in [-0.25, -0.2) is 9.55 Å². The van der Waals surface area contributed by atoms with Gasteiger partial charge >= 0.3 is 7.82 Å². The molecule has 8 heteroatoms. The molecule has 1 N–H and O–H groups in total. The summed E-state index contributed by atoms with van der Waals surface area (Å²) in [6.45, 7) is 15.6. The van der Waals surface area contributed by atoms with Crippen LogP contribution in [0.25, 0.3) is 17.7 Å². The average Bonchev–Trinajstić information content (AvgIpc) is 2.85. The molecule has 0 spiro atoms. The topological polar surface area (TPSA) is 90.5 Å². The highest BCUT2D eigenvalue weighted by Crippen LogP contribution is 2.52. The SMILES string of the molecule is C=C/C(OP(=O)(OCC)OCC)=C(\C=C\CCCCC)c1nc(C=C)c(/C=C/CCCCC)c(=O)[nH]1. The van der Waals surface area contributed by atoms with Crippen molar-refractivity contribution in [2.24, 2.45) is 0 Å². The quantitative estimate of drug-likeness (QED) is 0.0858. The molecular formula is C28H43N2O5P. The van der Waals surface area contributed by atoms with E-state index in [9.17, 15) is 9.36 Å². The summed E-state index contributed by atoms with van der Waals surface area (Å²) >= 11 is 0. The van der Waals surface area contributed by atoms with Gasteiger partial charge in [0.15, 0.2) is 0 Å². The van der Waals surface area contributed by atoms with E-state index in [-0.39, 0.29) is 30.4 Å². The van der Waals surface area contributed by atoms with Gasteiger partial charge in [0.05, 0.1) is 30.0 Å². The summed E-state index contributed by atoms with van der Waals surface area (Å²) in [6, 6.07) is 0. The second-order valence-corrected chi connectivity index (χ2v) is 9.66. The molecular weight excluding hydrogens is 475 g/mol. The van der Waals surface area contributed by atoms with Crippen LogP contribution in [0.1, 0.15) is 96.1 Å². The fourth-order valence-corrected chi connectivity index (χ4v) is 4.60. The molecule has 1 aromatic rings. The van der Waals surface area contributed by atoms with Crippen molar-refractivity contribution in [1.29, 1.82) is 0 Å². The monoisotopic (exact) mass is 518 g/mol. The van der Waals surface area contributed by atoms with Crippen molar-refractivity contribution >= 4 is 25.5 Å². The van der Waals surface area contributed by atoms with E-state index >= 15 is 0 Å². The number of nitrogens with zero attached hydrogens (tertiary/aromatic N) is 1. The maximum Gasteiger partial charge on any atom is 0.530 e. The van der Waals surface area contributed by atoms with Crippen molar-refractivity contribution in [3.8, 4) is 0 Å². The van der Waals surface area contributed by atoms with Crippen LogP contribution < -0.4 is 5.56 Å². The molecule has 200 valence electrons. The molecule has 0 aromatic carbocycles. The maximum absolute atomic E-state index is 13.1. The normalized spacial score (nSPS) is 12.8. The van der Waals surface area contributed by atoms with Crippen molar-refractivity contribution < 1.29 is 18.1 Å².